The van der Waals surface area contributed by atoms with Crippen molar-refractivity contribution in [2.24, 2.45) is 0 Å². The van der Waals surface area contributed by atoms with E-state index < -0.39 is 0 Å². The number of rotatable bonds is 1. The minimum atomic E-state index is 0.576. The summed E-state index contributed by atoms with van der Waals surface area (Å²) in [5.74, 6) is 0.576. The second-order valence-corrected chi connectivity index (χ2v) is 3.89. The molecule has 1 fully saturated rings. The highest BCUT2D eigenvalue weighted by atomic mass is 35.5. The Balaban J connectivity index is 2.43. The van der Waals surface area contributed by atoms with Gasteiger partial charge in [-0.3, -0.25) is 5.41 Å². The summed E-state index contributed by atoms with van der Waals surface area (Å²) in [7, 11) is 0. The van der Waals surface area contributed by atoms with E-state index in [9.17, 15) is 0 Å². The Morgan fingerprint density at radius 2 is 2.27 bits per heavy atom. The normalized spacial score (nSPS) is 15.5. The lowest BCUT2D eigenvalue weighted by molar-refractivity contribution is 0.956. The van der Waals surface area contributed by atoms with Crippen LogP contribution in [0.4, 0.5) is 5.69 Å². The molecule has 0 bridgehead atoms. The molecule has 1 aliphatic heterocycles. The number of nitriles is 1. The minimum Gasteiger partial charge on any atom is -0.329 e. The number of halogens is 1. The van der Waals surface area contributed by atoms with E-state index in [0.29, 0.717) is 16.4 Å². The summed E-state index contributed by atoms with van der Waals surface area (Å²) < 4.78 is 0. The van der Waals surface area contributed by atoms with Gasteiger partial charge < -0.3 is 4.90 Å². The second-order valence-electron chi connectivity index (χ2n) is 3.48. The highest BCUT2D eigenvalue weighted by Crippen LogP contribution is 2.30. The van der Waals surface area contributed by atoms with E-state index in [1.54, 1.807) is 18.2 Å². The molecule has 15 heavy (non-hydrogen) atoms. The number of nitrogens with one attached hydrogen (secondary N) is 1. The van der Waals surface area contributed by atoms with Gasteiger partial charge >= 0.3 is 0 Å². The number of hydrogen-bond donors (Lipinski definition) is 1. The molecule has 0 aliphatic carbocycles. The molecule has 0 amide bonds. The fourth-order valence-electron chi connectivity index (χ4n) is 1.73. The van der Waals surface area contributed by atoms with Crippen LogP contribution in [0.5, 0.6) is 0 Å². The average Bonchev–Trinajstić information content (AvgIpc) is 2.65. The van der Waals surface area contributed by atoms with Crippen LogP contribution in [0.3, 0.4) is 0 Å². The van der Waals surface area contributed by atoms with Crippen LogP contribution in [-0.4, -0.2) is 12.4 Å². The monoisotopic (exact) mass is 219 g/mol. The third-order valence-electron chi connectivity index (χ3n) is 2.49. The number of nitrogens with zero attached hydrogens (tertiary/aromatic N) is 2. The fourth-order valence-corrected chi connectivity index (χ4v) is 1.95. The van der Waals surface area contributed by atoms with Crippen LogP contribution in [0.15, 0.2) is 18.2 Å². The Hall–Kier alpha value is -1.53. The van der Waals surface area contributed by atoms with Crippen LogP contribution < -0.4 is 4.90 Å². The number of anilines is 1. The molecule has 1 saturated heterocycles. The van der Waals surface area contributed by atoms with Crippen molar-refractivity contribution in [3.05, 3.63) is 28.8 Å². The predicted octanol–water partition coefficient (Wildman–Crippen LogP) is 2.79. The molecule has 76 valence electrons. The maximum absolute atomic E-state index is 8.80. The zero-order valence-corrected chi connectivity index (χ0v) is 8.88. The highest BCUT2D eigenvalue weighted by molar-refractivity contribution is 6.34. The van der Waals surface area contributed by atoms with Gasteiger partial charge in [0.05, 0.1) is 22.3 Å². The molecule has 3 nitrogen and oxygen atoms in total. The molecule has 0 spiro atoms. The van der Waals surface area contributed by atoms with Crippen molar-refractivity contribution in [2.75, 3.05) is 11.4 Å². The van der Waals surface area contributed by atoms with Crippen LogP contribution in [0.2, 0.25) is 5.02 Å². The highest BCUT2D eigenvalue weighted by Gasteiger charge is 2.20. The van der Waals surface area contributed by atoms with Crippen molar-refractivity contribution in [1.29, 1.82) is 10.7 Å². The molecule has 1 aromatic rings. The zero-order chi connectivity index (χ0) is 10.8. The molecule has 4 heteroatoms. The first-order valence-electron chi connectivity index (χ1n) is 4.77. The smallest absolute Gasteiger partial charge is 0.100 e. The van der Waals surface area contributed by atoms with E-state index in [4.69, 9.17) is 22.3 Å². The maximum Gasteiger partial charge on any atom is 0.100 e. The summed E-state index contributed by atoms with van der Waals surface area (Å²) >= 11 is 6.05. The van der Waals surface area contributed by atoms with Gasteiger partial charge in [0.2, 0.25) is 0 Å². The molecular formula is C11H10ClN3. The van der Waals surface area contributed by atoms with Crippen LogP contribution in [0.25, 0.3) is 0 Å². The molecule has 1 aromatic carbocycles. The standard InChI is InChI=1S/C11H10ClN3/c12-9-4-3-8(7-13)6-10(9)15-5-1-2-11(15)14/h3-4,6,14H,1-2,5H2. The van der Waals surface area contributed by atoms with Crippen LogP contribution in [0.1, 0.15) is 18.4 Å². The SMILES string of the molecule is N#Cc1ccc(Cl)c(N2CCCC2=N)c1. The van der Waals surface area contributed by atoms with Crippen LogP contribution >= 0.6 is 11.6 Å². The number of hydrogen-bond acceptors (Lipinski definition) is 2. The summed E-state index contributed by atoms with van der Waals surface area (Å²) in [4.78, 5) is 1.86. The Morgan fingerprint density at radius 1 is 1.47 bits per heavy atom. The molecular weight excluding hydrogens is 210 g/mol. The predicted molar refractivity (Wildman–Crippen MR) is 60.5 cm³/mol. The number of amidine groups is 1. The van der Waals surface area contributed by atoms with E-state index >= 15 is 0 Å². The second kappa shape index (κ2) is 3.92. The Bertz CT molecular complexity index is 448. The average molecular weight is 220 g/mol. The van der Waals surface area contributed by atoms with E-state index in [-0.39, 0.29) is 0 Å². The van der Waals surface area contributed by atoms with Gasteiger partial charge in [0, 0.05) is 13.0 Å². The molecule has 1 aliphatic rings. The van der Waals surface area contributed by atoms with Crippen molar-refractivity contribution in [3.8, 4) is 6.07 Å². The van der Waals surface area contributed by atoms with Crippen molar-refractivity contribution in [3.63, 3.8) is 0 Å². The summed E-state index contributed by atoms with van der Waals surface area (Å²) in [6.45, 7) is 0.813. The quantitative estimate of drug-likeness (QED) is 0.790. The van der Waals surface area contributed by atoms with E-state index in [1.807, 2.05) is 4.90 Å². The first kappa shape index (κ1) is 10.0. The maximum atomic E-state index is 8.80. The van der Waals surface area contributed by atoms with Crippen molar-refractivity contribution < 1.29 is 0 Å². The summed E-state index contributed by atoms with van der Waals surface area (Å²) in [5.41, 5.74) is 1.35. The molecule has 0 radical (unpaired) electrons. The lowest BCUT2D eigenvalue weighted by Crippen LogP contribution is -2.23. The van der Waals surface area contributed by atoms with Gasteiger partial charge in [-0.2, -0.15) is 5.26 Å². The van der Waals surface area contributed by atoms with Crippen LogP contribution in [-0.2, 0) is 0 Å². The van der Waals surface area contributed by atoms with Gasteiger partial charge in [0.1, 0.15) is 5.84 Å². The summed E-state index contributed by atoms with van der Waals surface area (Å²) in [6.07, 6.45) is 1.76. The van der Waals surface area contributed by atoms with E-state index in [0.717, 1.165) is 25.1 Å². The zero-order valence-electron chi connectivity index (χ0n) is 8.13. The number of benzene rings is 1. The van der Waals surface area contributed by atoms with E-state index in [2.05, 4.69) is 6.07 Å². The lowest BCUT2D eigenvalue weighted by Gasteiger charge is -2.19. The van der Waals surface area contributed by atoms with E-state index in [1.165, 1.54) is 0 Å². The third-order valence-corrected chi connectivity index (χ3v) is 2.81. The lowest BCUT2D eigenvalue weighted by atomic mass is 10.2. The fraction of sp³-hybridized carbons (Fsp3) is 0.273. The third kappa shape index (κ3) is 1.81. The van der Waals surface area contributed by atoms with Crippen LogP contribution in [0, 0.1) is 16.7 Å². The topological polar surface area (TPSA) is 50.9 Å². The van der Waals surface area contributed by atoms with Crippen molar-refractivity contribution >= 4 is 23.1 Å². The summed E-state index contributed by atoms with van der Waals surface area (Å²) in [6, 6.07) is 7.21. The first-order valence-corrected chi connectivity index (χ1v) is 5.15. The van der Waals surface area contributed by atoms with Gasteiger partial charge in [-0.05, 0) is 24.6 Å². The van der Waals surface area contributed by atoms with Gasteiger partial charge in [-0.15, -0.1) is 0 Å². The molecule has 1 N–H and O–H groups in total. The first-order chi connectivity index (χ1) is 7.22. The summed E-state index contributed by atoms with van der Waals surface area (Å²) in [5, 5.41) is 17.1. The van der Waals surface area contributed by atoms with Gasteiger partial charge in [-0.25, -0.2) is 0 Å². The molecule has 0 saturated carbocycles. The Morgan fingerprint density at radius 3 is 2.87 bits per heavy atom. The van der Waals surface area contributed by atoms with Gasteiger partial charge in [0.25, 0.3) is 0 Å². The molecule has 0 aromatic heterocycles. The largest absolute Gasteiger partial charge is 0.329 e. The Labute approximate surface area is 93.4 Å². The van der Waals surface area contributed by atoms with Gasteiger partial charge in [-0.1, -0.05) is 11.6 Å². The molecule has 2 rings (SSSR count). The molecule has 1 heterocycles. The molecule has 0 unspecified atom stereocenters. The minimum absolute atomic E-state index is 0.576. The Kier molecular flexibility index (Phi) is 2.61. The van der Waals surface area contributed by atoms with Crippen molar-refractivity contribution in [1.82, 2.24) is 0 Å². The van der Waals surface area contributed by atoms with Gasteiger partial charge in [0.15, 0.2) is 0 Å². The van der Waals surface area contributed by atoms with Crippen molar-refractivity contribution in [2.45, 2.75) is 12.8 Å². The molecule has 0 atom stereocenters.